The van der Waals surface area contributed by atoms with Gasteiger partial charge < -0.3 is 4.90 Å². The summed E-state index contributed by atoms with van der Waals surface area (Å²) < 4.78 is 0. The van der Waals surface area contributed by atoms with E-state index in [1.165, 1.54) is 4.90 Å². The summed E-state index contributed by atoms with van der Waals surface area (Å²) >= 11 is 0. The number of aromatic nitrogens is 3. The zero-order chi connectivity index (χ0) is 18.7. The first-order chi connectivity index (χ1) is 12.4. The van der Waals surface area contributed by atoms with Crippen LogP contribution < -0.4 is 5.32 Å². The zero-order valence-corrected chi connectivity index (χ0v) is 14.8. The van der Waals surface area contributed by atoms with Crippen LogP contribution in [-0.4, -0.2) is 46.0 Å². The minimum atomic E-state index is -0.344. The topological polar surface area (TPSA) is 91.0 Å². The van der Waals surface area contributed by atoms with Crippen LogP contribution in [0, 0.1) is 6.92 Å². The molecule has 0 saturated carbocycles. The number of carbonyl (C=O) groups excluding carboxylic acids is 2. The number of rotatable bonds is 4. The highest BCUT2D eigenvalue weighted by Gasteiger charge is 2.13. The first-order valence-corrected chi connectivity index (χ1v) is 8.06. The first kappa shape index (κ1) is 17.3. The maximum atomic E-state index is 12.3. The standard InChI is InChI=1S/C19H19N5O2/c1-12-4-6-13(7-5-12)16-20-19(23-22-16)21-17(25)14-8-10-15(11-9-14)18(26)24(2)3/h4-11H,1-3H3,(H2,20,21,22,23,25). The number of hydrogen-bond acceptors (Lipinski definition) is 4. The molecule has 2 amide bonds. The van der Waals surface area contributed by atoms with Gasteiger partial charge in [0.25, 0.3) is 11.8 Å². The van der Waals surface area contributed by atoms with Gasteiger partial charge in [0.15, 0.2) is 5.82 Å². The summed E-state index contributed by atoms with van der Waals surface area (Å²) in [5.41, 5.74) is 2.97. The van der Waals surface area contributed by atoms with Crippen molar-refractivity contribution in [3.63, 3.8) is 0 Å². The SMILES string of the molecule is Cc1ccc(-c2nc(NC(=O)c3ccc(C(=O)N(C)C)cc3)n[nH]2)cc1. The Balaban J connectivity index is 1.70. The quantitative estimate of drug-likeness (QED) is 0.758. The van der Waals surface area contributed by atoms with E-state index in [9.17, 15) is 9.59 Å². The van der Waals surface area contributed by atoms with Gasteiger partial charge in [-0.05, 0) is 31.2 Å². The Labute approximate surface area is 151 Å². The molecule has 132 valence electrons. The fourth-order valence-electron chi connectivity index (χ4n) is 2.35. The van der Waals surface area contributed by atoms with Crippen LogP contribution in [-0.2, 0) is 0 Å². The molecule has 0 radical (unpaired) electrons. The van der Waals surface area contributed by atoms with E-state index in [0.29, 0.717) is 17.0 Å². The molecule has 7 nitrogen and oxygen atoms in total. The van der Waals surface area contributed by atoms with Gasteiger partial charge in [-0.25, -0.2) is 0 Å². The molecule has 0 spiro atoms. The van der Waals surface area contributed by atoms with Crippen molar-refractivity contribution in [3.8, 4) is 11.4 Å². The van der Waals surface area contributed by atoms with Crippen molar-refractivity contribution in [2.24, 2.45) is 0 Å². The van der Waals surface area contributed by atoms with Gasteiger partial charge in [-0.1, -0.05) is 29.8 Å². The van der Waals surface area contributed by atoms with Crippen LogP contribution in [0.4, 0.5) is 5.95 Å². The molecule has 7 heteroatoms. The minimum Gasteiger partial charge on any atom is -0.345 e. The van der Waals surface area contributed by atoms with Crippen LogP contribution >= 0.6 is 0 Å². The van der Waals surface area contributed by atoms with Crippen molar-refractivity contribution >= 4 is 17.8 Å². The minimum absolute atomic E-state index is 0.117. The number of nitrogens with one attached hydrogen (secondary N) is 2. The molecule has 0 bridgehead atoms. The number of carbonyl (C=O) groups is 2. The lowest BCUT2D eigenvalue weighted by atomic mass is 10.1. The molecule has 26 heavy (non-hydrogen) atoms. The van der Waals surface area contributed by atoms with Gasteiger partial charge in [0.1, 0.15) is 0 Å². The number of H-pyrrole nitrogens is 1. The maximum Gasteiger partial charge on any atom is 0.258 e. The summed E-state index contributed by atoms with van der Waals surface area (Å²) in [7, 11) is 3.36. The molecule has 2 aromatic carbocycles. The van der Waals surface area contributed by atoms with E-state index < -0.39 is 0 Å². The fourth-order valence-corrected chi connectivity index (χ4v) is 2.35. The summed E-state index contributed by atoms with van der Waals surface area (Å²) in [5.74, 6) is 0.309. The van der Waals surface area contributed by atoms with Crippen molar-refractivity contribution in [2.75, 3.05) is 19.4 Å². The smallest absolute Gasteiger partial charge is 0.258 e. The highest BCUT2D eigenvalue weighted by atomic mass is 16.2. The van der Waals surface area contributed by atoms with E-state index in [2.05, 4.69) is 20.5 Å². The summed E-state index contributed by atoms with van der Waals surface area (Å²) in [6, 6.07) is 14.3. The lowest BCUT2D eigenvalue weighted by Gasteiger charge is -2.10. The molecule has 2 N–H and O–H groups in total. The van der Waals surface area contributed by atoms with Crippen molar-refractivity contribution in [3.05, 3.63) is 65.2 Å². The van der Waals surface area contributed by atoms with E-state index in [1.807, 2.05) is 31.2 Å². The van der Waals surface area contributed by atoms with Crippen LogP contribution in [0.5, 0.6) is 0 Å². The highest BCUT2D eigenvalue weighted by Crippen LogP contribution is 2.17. The largest absolute Gasteiger partial charge is 0.345 e. The molecule has 0 aliphatic rings. The third-order valence-corrected chi connectivity index (χ3v) is 3.84. The molecular formula is C19H19N5O2. The Morgan fingerprint density at radius 3 is 2.19 bits per heavy atom. The number of aromatic amines is 1. The van der Waals surface area contributed by atoms with Crippen LogP contribution in [0.2, 0.25) is 0 Å². The summed E-state index contributed by atoms with van der Waals surface area (Å²) in [6.45, 7) is 2.01. The number of amides is 2. The number of hydrogen-bond donors (Lipinski definition) is 2. The second-order valence-corrected chi connectivity index (χ2v) is 6.10. The molecule has 0 atom stereocenters. The van der Waals surface area contributed by atoms with E-state index >= 15 is 0 Å². The second kappa shape index (κ2) is 7.18. The molecule has 0 fully saturated rings. The third-order valence-electron chi connectivity index (χ3n) is 3.84. The first-order valence-electron chi connectivity index (χ1n) is 8.06. The van der Waals surface area contributed by atoms with E-state index in [0.717, 1.165) is 11.1 Å². The zero-order valence-electron chi connectivity index (χ0n) is 14.8. The molecule has 0 saturated heterocycles. The van der Waals surface area contributed by atoms with Gasteiger partial charge in [0.05, 0.1) is 0 Å². The van der Waals surface area contributed by atoms with Crippen LogP contribution in [0.3, 0.4) is 0 Å². The number of nitrogens with zero attached hydrogens (tertiary/aromatic N) is 3. The van der Waals surface area contributed by atoms with Crippen LogP contribution in [0.25, 0.3) is 11.4 Å². The molecule has 1 heterocycles. The highest BCUT2D eigenvalue weighted by molar-refractivity contribution is 6.04. The van der Waals surface area contributed by atoms with E-state index in [4.69, 9.17) is 0 Å². The summed E-state index contributed by atoms with van der Waals surface area (Å²) in [4.78, 5) is 30.0. The monoisotopic (exact) mass is 349 g/mol. The maximum absolute atomic E-state index is 12.3. The van der Waals surface area contributed by atoms with Gasteiger partial charge in [0.2, 0.25) is 5.95 Å². The van der Waals surface area contributed by atoms with Crippen LogP contribution in [0.15, 0.2) is 48.5 Å². The molecule has 3 aromatic rings. The van der Waals surface area contributed by atoms with E-state index in [1.54, 1.807) is 38.4 Å². The molecule has 0 unspecified atom stereocenters. The van der Waals surface area contributed by atoms with Crippen molar-refractivity contribution in [1.29, 1.82) is 0 Å². The van der Waals surface area contributed by atoms with E-state index in [-0.39, 0.29) is 17.8 Å². The average molecular weight is 349 g/mol. The molecule has 3 rings (SSSR count). The third kappa shape index (κ3) is 3.77. The van der Waals surface area contributed by atoms with Crippen molar-refractivity contribution < 1.29 is 9.59 Å². The molecular weight excluding hydrogens is 330 g/mol. The fraction of sp³-hybridized carbons (Fsp3) is 0.158. The van der Waals surface area contributed by atoms with Gasteiger partial charge in [0, 0.05) is 30.8 Å². The lowest BCUT2D eigenvalue weighted by Crippen LogP contribution is -2.21. The van der Waals surface area contributed by atoms with Crippen molar-refractivity contribution in [1.82, 2.24) is 20.1 Å². The van der Waals surface area contributed by atoms with Crippen molar-refractivity contribution in [2.45, 2.75) is 6.92 Å². The Bertz CT molecular complexity index is 927. The molecule has 0 aliphatic heterocycles. The van der Waals surface area contributed by atoms with Crippen LogP contribution in [0.1, 0.15) is 26.3 Å². The predicted molar refractivity (Wildman–Crippen MR) is 99.0 cm³/mol. The van der Waals surface area contributed by atoms with Gasteiger partial charge >= 0.3 is 0 Å². The summed E-state index contributed by atoms with van der Waals surface area (Å²) in [5, 5.41) is 9.47. The molecule has 0 aliphatic carbocycles. The predicted octanol–water partition coefficient (Wildman–Crippen LogP) is 2.73. The van der Waals surface area contributed by atoms with Gasteiger partial charge in [-0.3, -0.25) is 20.0 Å². The Morgan fingerprint density at radius 1 is 0.962 bits per heavy atom. The van der Waals surface area contributed by atoms with Gasteiger partial charge in [-0.15, -0.1) is 5.10 Å². The number of aryl methyl sites for hydroxylation is 1. The Morgan fingerprint density at radius 2 is 1.58 bits per heavy atom. The molecule has 1 aromatic heterocycles. The Hall–Kier alpha value is -3.48. The number of anilines is 1. The second-order valence-electron chi connectivity index (χ2n) is 6.10. The number of benzene rings is 2. The average Bonchev–Trinajstić information content (AvgIpc) is 3.10. The lowest BCUT2D eigenvalue weighted by molar-refractivity contribution is 0.0827. The Kier molecular flexibility index (Phi) is 4.79. The van der Waals surface area contributed by atoms with Gasteiger partial charge in [-0.2, -0.15) is 4.98 Å². The summed E-state index contributed by atoms with van der Waals surface area (Å²) in [6.07, 6.45) is 0. The normalized spacial score (nSPS) is 10.4.